The van der Waals surface area contributed by atoms with Crippen LogP contribution in [0.2, 0.25) is 0 Å². The quantitative estimate of drug-likeness (QED) is 0.652. The number of amidine groups is 1. The number of methoxy groups -OCH3 is 1. The molecule has 1 amide bonds. The van der Waals surface area contributed by atoms with Crippen LogP contribution in [0.25, 0.3) is 0 Å². The molecule has 1 atom stereocenters. The van der Waals surface area contributed by atoms with E-state index >= 15 is 0 Å². The molecule has 2 aromatic heterocycles. The highest BCUT2D eigenvalue weighted by atomic mass is 19.1. The molecule has 0 saturated carbocycles. The lowest BCUT2D eigenvalue weighted by molar-refractivity contribution is 0.102. The zero-order valence-electron chi connectivity index (χ0n) is 16.6. The summed E-state index contributed by atoms with van der Waals surface area (Å²) in [6, 6.07) is 6.18. The van der Waals surface area contributed by atoms with E-state index in [0.29, 0.717) is 17.2 Å². The van der Waals surface area contributed by atoms with E-state index in [-0.39, 0.29) is 29.5 Å². The highest BCUT2D eigenvalue weighted by Crippen LogP contribution is 2.35. The Hall–Kier alpha value is -4.33. The maximum atomic E-state index is 14.8. The molecule has 0 unspecified atom stereocenters. The van der Waals surface area contributed by atoms with Crippen molar-refractivity contribution in [3.63, 3.8) is 0 Å². The molecule has 0 aliphatic carbocycles. The van der Waals surface area contributed by atoms with Gasteiger partial charge in [0.25, 0.3) is 5.91 Å². The van der Waals surface area contributed by atoms with Crippen LogP contribution in [0.3, 0.4) is 0 Å². The predicted octanol–water partition coefficient (Wildman–Crippen LogP) is 1.58. The largest absolute Gasteiger partial charge is 0.480 e. The van der Waals surface area contributed by atoms with Gasteiger partial charge in [-0.05, 0) is 25.1 Å². The monoisotopic (exact) mass is 420 g/mol. The standard InChI is InChI=1S/C20H17FN8O2/c1-20(10-29-12(6-22)7-26-18(29)17(23)28-20)13-5-11(3-4-14(13)21)27-19(30)15-8-25-16(31-2)9-24-15/h3-5,7-9H,10H2,1-2H3,(H2,23,28)(H,27,30)/t20-/m0/s1. The van der Waals surface area contributed by atoms with Gasteiger partial charge in [-0.2, -0.15) is 5.26 Å². The molecule has 0 fully saturated rings. The molecule has 11 heteroatoms. The van der Waals surface area contributed by atoms with E-state index in [9.17, 15) is 14.4 Å². The molecule has 1 aliphatic rings. The fraction of sp³-hybridized carbons (Fsp3) is 0.200. The topological polar surface area (TPSA) is 144 Å². The lowest BCUT2D eigenvalue weighted by atomic mass is 9.90. The van der Waals surface area contributed by atoms with E-state index in [1.165, 1.54) is 43.9 Å². The first-order valence-electron chi connectivity index (χ1n) is 9.13. The van der Waals surface area contributed by atoms with Crippen molar-refractivity contribution in [2.75, 3.05) is 12.4 Å². The fourth-order valence-corrected chi connectivity index (χ4v) is 3.38. The Morgan fingerprint density at radius 3 is 2.81 bits per heavy atom. The molecule has 3 aromatic rings. The number of carbonyl (C=O) groups is 1. The van der Waals surface area contributed by atoms with Crippen LogP contribution in [0.1, 0.15) is 34.5 Å². The normalized spacial score (nSPS) is 17.3. The third kappa shape index (κ3) is 3.55. The fourth-order valence-electron chi connectivity index (χ4n) is 3.38. The van der Waals surface area contributed by atoms with Gasteiger partial charge in [0.15, 0.2) is 11.7 Å². The number of nitrogens with two attached hydrogens (primary N) is 1. The highest BCUT2D eigenvalue weighted by Gasteiger charge is 2.36. The van der Waals surface area contributed by atoms with Gasteiger partial charge in [-0.15, -0.1) is 0 Å². The van der Waals surface area contributed by atoms with Gasteiger partial charge >= 0.3 is 0 Å². The molecule has 3 N–H and O–H groups in total. The summed E-state index contributed by atoms with van der Waals surface area (Å²) in [4.78, 5) is 29.0. The van der Waals surface area contributed by atoms with E-state index in [0.717, 1.165) is 0 Å². The molecular weight excluding hydrogens is 403 g/mol. The van der Waals surface area contributed by atoms with Crippen LogP contribution < -0.4 is 15.8 Å². The SMILES string of the molecule is COc1cnc(C(=O)Nc2ccc(F)c([C@]3(C)Cn4c(C#N)cnc4C(N)=N3)c2)cn1. The predicted molar refractivity (Wildman–Crippen MR) is 108 cm³/mol. The zero-order chi connectivity index (χ0) is 22.2. The van der Waals surface area contributed by atoms with Gasteiger partial charge in [-0.3, -0.25) is 9.79 Å². The number of ether oxygens (including phenoxy) is 1. The van der Waals surface area contributed by atoms with Crippen LogP contribution in [-0.4, -0.2) is 38.4 Å². The lowest BCUT2D eigenvalue weighted by Crippen LogP contribution is -2.38. The van der Waals surface area contributed by atoms with Gasteiger partial charge in [0.1, 0.15) is 28.8 Å². The summed E-state index contributed by atoms with van der Waals surface area (Å²) in [5.41, 5.74) is 5.83. The zero-order valence-corrected chi connectivity index (χ0v) is 16.6. The van der Waals surface area contributed by atoms with Crippen LogP contribution in [-0.2, 0) is 12.1 Å². The van der Waals surface area contributed by atoms with Crippen molar-refractivity contribution in [3.05, 3.63) is 65.4 Å². The van der Waals surface area contributed by atoms with Crippen molar-refractivity contribution < 1.29 is 13.9 Å². The van der Waals surface area contributed by atoms with Gasteiger partial charge in [0.05, 0.1) is 32.2 Å². The Kier molecular flexibility index (Phi) is 4.82. The van der Waals surface area contributed by atoms with Crippen molar-refractivity contribution in [2.45, 2.75) is 19.0 Å². The van der Waals surface area contributed by atoms with Crippen LogP contribution >= 0.6 is 0 Å². The van der Waals surface area contributed by atoms with Crippen molar-refractivity contribution in [1.82, 2.24) is 19.5 Å². The Morgan fingerprint density at radius 2 is 2.13 bits per heavy atom. The number of hydrogen-bond acceptors (Lipinski definition) is 8. The number of carbonyl (C=O) groups excluding carboxylic acids is 1. The number of nitriles is 1. The van der Waals surface area contributed by atoms with E-state index in [4.69, 9.17) is 10.5 Å². The molecule has 1 aliphatic heterocycles. The van der Waals surface area contributed by atoms with Crippen LogP contribution in [0.5, 0.6) is 5.88 Å². The van der Waals surface area contributed by atoms with Crippen molar-refractivity contribution in [3.8, 4) is 11.9 Å². The number of benzene rings is 1. The van der Waals surface area contributed by atoms with E-state index in [2.05, 4.69) is 25.3 Å². The molecule has 4 rings (SSSR count). The number of nitrogens with zero attached hydrogens (tertiary/aromatic N) is 6. The first-order chi connectivity index (χ1) is 14.8. The van der Waals surface area contributed by atoms with Gasteiger partial charge in [-0.25, -0.2) is 19.3 Å². The number of hydrogen-bond donors (Lipinski definition) is 2. The maximum absolute atomic E-state index is 14.8. The summed E-state index contributed by atoms with van der Waals surface area (Å²) in [6.45, 7) is 1.85. The van der Waals surface area contributed by atoms with E-state index in [1.807, 2.05) is 6.07 Å². The number of imidazole rings is 1. The number of nitrogens with one attached hydrogen (secondary N) is 1. The summed E-state index contributed by atoms with van der Waals surface area (Å²) in [5, 5.41) is 12.0. The summed E-state index contributed by atoms with van der Waals surface area (Å²) in [6.07, 6.45) is 3.99. The first-order valence-corrected chi connectivity index (χ1v) is 9.13. The van der Waals surface area contributed by atoms with Crippen molar-refractivity contribution in [1.29, 1.82) is 5.26 Å². The number of rotatable bonds is 4. The van der Waals surface area contributed by atoms with E-state index < -0.39 is 17.3 Å². The molecule has 0 radical (unpaired) electrons. The molecule has 31 heavy (non-hydrogen) atoms. The number of aliphatic imine (C=N–C) groups is 1. The van der Waals surface area contributed by atoms with E-state index in [1.54, 1.807) is 11.5 Å². The minimum absolute atomic E-state index is 0.0690. The van der Waals surface area contributed by atoms with Crippen LogP contribution in [0.4, 0.5) is 10.1 Å². The minimum Gasteiger partial charge on any atom is -0.480 e. The average Bonchev–Trinajstić information content (AvgIpc) is 3.18. The Morgan fingerprint density at radius 1 is 1.32 bits per heavy atom. The van der Waals surface area contributed by atoms with Crippen molar-refractivity contribution in [2.24, 2.45) is 10.7 Å². The molecule has 0 spiro atoms. The number of fused-ring (bicyclic) bond motifs is 1. The molecule has 156 valence electrons. The second-order valence-electron chi connectivity index (χ2n) is 7.03. The van der Waals surface area contributed by atoms with Crippen LogP contribution in [0, 0.1) is 17.1 Å². The lowest BCUT2D eigenvalue weighted by Gasteiger charge is -2.32. The number of halogens is 1. The van der Waals surface area contributed by atoms with Crippen molar-refractivity contribution >= 4 is 17.4 Å². The van der Waals surface area contributed by atoms with Gasteiger partial charge in [-0.1, -0.05) is 0 Å². The Bertz CT molecular complexity index is 1250. The highest BCUT2D eigenvalue weighted by molar-refractivity contribution is 6.02. The summed E-state index contributed by atoms with van der Waals surface area (Å²) in [7, 11) is 1.44. The summed E-state index contributed by atoms with van der Waals surface area (Å²) < 4.78 is 21.3. The number of aromatic nitrogens is 4. The first kappa shape index (κ1) is 20.0. The smallest absolute Gasteiger partial charge is 0.275 e. The summed E-state index contributed by atoms with van der Waals surface area (Å²) >= 11 is 0. The Labute approximate surface area is 176 Å². The molecule has 3 heterocycles. The van der Waals surface area contributed by atoms with Crippen LogP contribution in [0.15, 0.2) is 41.8 Å². The average molecular weight is 420 g/mol. The van der Waals surface area contributed by atoms with Gasteiger partial charge in [0, 0.05) is 11.3 Å². The third-order valence-electron chi connectivity index (χ3n) is 4.91. The molecular formula is C20H17FN8O2. The molecule has 1 aromatic carbocycles. The summed E-state index contributed by atoms with van der Waals surface area (Å²) in [5.74, 6) is -0.317. The minimum atomic E-state index is -1.12. The molecule has 0 saturated heterocycles. The van der Waals surface area contributed by atoms with Gasteiger partial charge < -0.3 is 20.4 Å². The Balaban J connectivity index is 1.65. The third-order valence-corrected chi connectivity index (χ3v) is 4.91. The molecule has 0 bridgehead atoms. The van der Waals surface area contributed by atoms with Gasteiger partial charge in [0.2, 0.25) is 5.88 Å². The number of anilines is 1. The second kappa shape index (κ2) is 7.49. The number of amides is 1. The molecule has 10 nitrogen and oxygen atoms in total. The second-order valence-corrected chi connectivity index (χ2v) is 7.03. The maximum Gasteiger partial charge on any atom is 0.275 e.